The maximum atomic E-state index is 12.5. The minimum Gasteiger partial charge on any atom is -0.394 e. The van der Waals surface area contributed by atoms with Crippen LogP contribution in [-0.2, 0) is 4.79 Å². The molecular weight excluding hydrogens is 747 g/mol. The molecule has 61 heavy (non-hydrogen) atoms. The first-order chi connectivity index (χ1) is 30.2. The molecule has 0 aliphatic rings. The van der Waals surface area contributed by atoms with E-state index in [1.807, 2.05) is 6.08 Å². The van der Waals surface area contributed by atoms with Gasteiger partial charge in [-0.05, 0) is 57.8 Å². The van der Waals surface area contributed by atoms with Gasteiger partial charge in [0.25, 0.3) is 0 Å². The molecular formula is C57H109NO3. The Morgan fingerprint density at radius 1 is 0.377 bits per heavy atom. The fourth-order valence-corrected chi connectivity index (χ4v) is 8.60. The lowest BCUT2D eigenvalue weighted by atomic mass is 10.0. The van der Waals surface area contributed by atoms with Crippen LogP contribution >= 0.6 is 0 Å². The Bertz CT molecular complexity index is 928. The summed E-state index contributed by atoms with van der Waals surface area (Å²) in [5.41, 5.74) is 0. The highest BCUT2D eigenvalue weighted by Crippen LogP contribution is 2.17. The molecule has 0 aromatic rings. The molecule has 3 N–H and O–H groups in total. The quantitative estimate of drug-likeness (QED) is 0.0422. The van der Waals surface area contributed by atoms with Crippen molar-refractivity contribution in [3.05, 3.63) is 36.5 Å². The number of aliphatic hydroxyl groups is 2. The van der Waals surface area contributed by atoms with Crippen molar-refractivity contribution >= 4 is 5.91 Å². The van der Waals surface area contributed by atoms with Gasteiger partial charge in [-0.25, -0.2) is 0 Å². The van der Waals surface area contributed by atoms with Gasteiger partial charge >= 0.3 is 0 Å². The number of allylic oxidation sites excluding steroid dienone is 5. The molecule has 0 aliphatic carbocycles. The van der Waals surface area contributed by atoms with Crippen molar-refractivity contribution in [2.75, 3.05) is 6.61 Å². The van der Waals surface area contributed by atoms with Crippen molar-refractivity contribution in [3.8, 4) is 0 Å². The summed E-state index contributed by atoms with van der Waals surface area (Å²) in [5.74, 6) is -0.0731. The molecule has 0 saturated carbocycles. The number of nitrogens with one attached hydrogen (secondary N) is 1. The number of carbonyl (C=O) groups is 1. The van der Waals surface area contributed by atoms with E-state index in [4.69, 9.17) is 0 Å². The van der Waals surface area contributed by atoms with E-state index >= 15 is 0 Å². The molecule has 0 heterocycles. The monoisotopic (exact) mass is 856 g/mol. The maximum Gasteiger partial charge on any atom is 0.220 e. The zero-order chi connectivity index (χ0) is 44.2. The standard InChI is InChI=1S/C57H109NO3/c1-3-5-7-9-11-13-15-17-19-21-23-25-27-29-30-32-34-36-38-40-42-44-46-48-50-52-56(60)55(54-59)58-57(61)53-51-49-47-45-43-41-39-37-35-33-31-28-26-24-22-20-18-16-14-12-10-8-6-4-2/h31,33,42,44,50,52,55-56,59-60H,3-30,32,34-41,43,45-49,51,53-54H2,1-2H3,(H,58,61)/b33-31-,44-42+,52-50+. The third-order valence-electron chi connectivity index (χ3n) is 12.8. The first-order valence-electron chi connectivity index (χ1n) is 27.7. The van der Waals surface area contributed by atoms with E-state index in [2.05, 4.69) is 43.5 Å². The lowest BCUT2D eigenvalue weighted by Crippen LogP contribution is -2.45. The molecule has 2 atom stereocenters. The molecule has 0 aromatic heterocycles. The molecule has 0 radical (unpaired) electrons. The second-order valence-corrected chi connectivity index (χ2v) is 19.0. The Balaban J connectivity index is 3.53. The molecule has 0 fully saturated rings. The molecule has 0 bridgehead atoms. The van der Waals surface area contributed by atoms with E-state index < -0.39 is 12.1 Å². The predicted octanol–water partition coefficient (Wildman–Crippen LogP) is 18.1. The van der Waals surface area contributed by atoms with Gasteiger partial charge in [0.05, 0.1) is 18.8 Å². The Kier molecular flexibility index (Phi) is 51.7. The topological polar surface area (TPSA) is 69.6 Å². The van der Waals surface area contributed by atoms with Crippen molar-refractivity contribution in [3.63, 3.8) is 0 Å². The van der Waals surface area contributed by atoms with Gasteiger partial charge < -0.3 is 15.5 Å². The summed E-state index contributed by atoms with van der Waals surface area (Å²) in [6.07, 6.45) is 71.6. The van der Waals surface area contributed by atoms with Gasteiger partial charge in [-0.2, -0.15) is 0 Å². The van der Waals surface area contributed by atoms with Crippen LogP contribution in [0.5, 0.6) is 0 Å². The third-order valence-corrected chi connectivity index (χ3v) is 12.8. The number of rotatable bonds is 51. The number of unbranched alkanes of at least 4 members (excludes halogenated alkanes) is 40. The zero-order valence-corrected chi connectivity index (χ0v) is 41.4. The predicted molar refractivity (Wildman–Crippen MR) is 272 cm³/mol. The summed E-state index contributed by atoms with van der Waals surface area (Å²) in [5, 5.41) is 23.1. The Labute approximate surface area is 382 Å². The van der Waals surface area contributed by atoms with E-state index in [1.165, 1.54) is 250 Å². The minimum absolute atomic E-state index is 0.0731. The van der Waals surface area contributed by atoms with Gasteiger partial charge in [0.1, 0.15) is 0 Å². The summed E-state index contributed by atoms with van der Waals surface area (Å²) in [4.78, 5) is 12.5. The summed E-state index contributed by atoms with van der Waals surface area (Å²) in [6, 6.07) is -0.641. The second-order valence-electron chi connectivity index (χ2n) is 19.0. The van der Waals surface area contributed by atoms with Crippen LogP contribution in [0.15, 0.2) is 36.5 Å². The van der Waals surface area contributed by atoms with Gasteiger partial charge in [-0.1, -0.05) is 275 Å². The summed E-state index contributed by atoms with van der Waals surface area (Å²) in [7, 11) is 0. The van der Waals surface area contributed by atoms with Gasteiger partial charge in [-0.3, -0.25) is 4.79 Å². The van der Waals surface area contributed by atoms with Crippen LogP contribution in [0.25, 0.3) is 0 Å². The van der Waals surface area contributed by atoms with E-state index in [1.54, 1.807) is 6.08 Å². The Morgan fingerprint density at radius 3 is 0.951 bits per heavy atom. The average Bonchev–Trinajstić information content (AvgIpc) is 3.26. The lowest BCUT2D eigenvalue weighted by Gasteiger charge is -2.19. The Morgan fingerprint density at radius 2 is 0.639 bits per heavy atom. The summed E-state index contributed by atoms with van der Waals surface area (Å²) >= 11 is 0. The van der Waals surface area contributed by atoms with E-state index in [-0.39, 0.29) is 12.5 Å². The van der Waals surface area contributed by atoms with E-state index in [0.29, 0.717) is 6.42 Å². The van der Waals surface area contributed by atoms with Crippen LogP contribution in [0.1, 0.15) is 303 Å². The number of hydrogen-bond acceptors (Lipinski definition) is 3. The number of aliphatic hydroxyl groups excluding tert-OH is 2. The Hall–Kier alpha value is -1.39. The highest BCUT2D eigenvalue weighted by atomic mass is 16.3. The third kappa shape index (κ3) is 49.5. The molecule has 0 saturated heterocycles. The molecule has 4 heteroatoms. The molecule has 4 nitrogen and oxygen atoms in total. The highest BCUT2D eigenvalue weighted by molar-refractivity contribution is 5.76. The molecule has 0 aromatic carbocycles. The maximum absolute atomic E-state index is 12.5. The SMILES string of the molecule is CCCCCCCCCCCCCC/C=C\CCCCCCCCCCC(=O)NC(CO)C(O)/C=C/CC/C=C/CCCCCCCCCCCCCCCCCCCCC. The number of amides is 1. The minimum atomic E-state index is -0.864. The van der Waals surface area contributed by atoms with Crippen molar-refractivity contribution in [2.45, 2.75) is 315 Å². The van der Waals surface area contributed by atoms with Gasteiger partial charge in [-0.15, -0.1) is 0 Å². The van der Waals surface area contributed by atoms with E-state index in [9.17, 15) is 15.0 Å². The molecule has 360 valence electrons. The average molecular weight is 857 g/mol. The zero-order valence-electron chi connectivity index (χ0n) is 41.4. The van der Waals surface area contributed by atoms with Crippen LogP contribution in [0.3, 0.4) is 0 Å². The van der Waals surface area contributed by atoms with Gasteiger partial charge in [0.15, 0.2) is 0 Å². The molecule has 0 rings (SSSR count). The molecule has 0 spiro atoms. The van der Waals surface area contributed by atoms with Crippen LogP contribution in [0, 0.1) is 0 Å². The van der Waals surface area contributed by atoms with Gasteiger partial charge in [0.2, 0.25) is 5.91 Å². The first kappa shape index (κ1) is 59.6. The highest BCUT2D eigenvalue weighted by Gasteiger charge is 2.18. The molecule has 2 unspecified atom stereocenters. The van der Waals surface area contributed by atoms with Crippen molar-refractivity contribution in [1.82, 2.24) is 5.32 Å². The van der Waals surface area contributed by atoms with Crippen LogP contribution < -0.4 is 5.32 Å². The van der Waals surface area contributed by atoms with Crippen LogP contribution in [0.4, 0.5) is 0 Å². The summed E-state index contributed by atoms with van der Waals surface area (Å²) < 4.78 is 0. The van der Waals surface area contributed by atoms with Crippen LogP contribution in [0.2, 0.25) is 0 Å². The largest absolute Gasteiger partial charge is 0.394 e. The van der Waals surface area contributed by atoms with Crippen molar-refractivity contribution in [1.29, 1.82) is 0 Å². The summed E-state index contributed by atoms with van der Waals surface area (Å²) in [6.45, 7) is 4.33. The molecule has 1 amide bonds. The first-order valence-corrected chi connectivity index (χ1v) is 27.7. The van der Waals surface area contributed by atoms with Crippen molar-refractivity contribution < 1.29 is 15.0 Å². The van der Waals surface area contributed by atoms with Crippen molar-refractivity contribution in [2.24, 2.45) is 0 Å². The van der Waals surface area contributed by atoms with E-state index in [0.717, 1.165) is 32.1 Å². The van der Waals surface area contributed by atoms with Crippen LogP contribution in [-0.4, -0.2) is 34.9 Å². The smallest absolute Gasteiger partial charge is 0.220 e. The normalized spacial score (nSPS) is 13.0. The van der Waals surface area contributed by atoms with Gasteiger partial charge in [0, 0.05) is 6.42 Å². The second kappa shape index (κ2) is 53.0. The lowest BCUT2D eigenvalue weighted by molar-refractivity contribution is -0.123. The molecule has 0 aliphatic heterocycles. The number of hydrogen-bond donors (Lipinski definition) is 3. The fraction of sp³-hybridized carbons (Fsp3) is 0.877. The fourth-order valence-electron chi connectivity index (χ4n) is 8.60. The number of carbonyl (C=O) groups excluding carboxylic acids is 1.